The first-order chi connectivity index (χ1) is 35.5. The first kappa shape index (κ1) is 43.3. The Kier molecular flexibility index (Phi) is 9.36. The summed E-state index contributed by atoms with van der Waals surface area (Å²) in [6.07, 6.45) is 0. The Hall–Kier alpha value is -8.46. The quantitative estimate of drug-likeness (QED) is 0.157. The first-order valence-electron chi connectivity index (χ1n) is 25.9. The zero-order valence-corrected chi connectivity index (χ0v) is 42.3. The van der Waals surface area contributed by atoms with Crippen molar-refractivity contribution in [1.29, 1.82) is 0 Å². The van der Waals surface area contributed by atoms with Crippen LogP contribution in [0.4, 0.5) is 34.1 Å². The molecule has 73 heavy (non-hydrogen) atoms. The molecule has 3 aliphatic carbocycles. The second kappa shape index (κ2) is 15.8. The van der Waals surface area contributed by atoms with Crippen LogP contribution in [-0.2, 0) is 16.2 Å². The molecule has 0 unspecified atom stereocenters. The van der Waals surface area contributed by atoms with E-state index >= 15 is 0 Å². The summed E-state index contributed by atoms with van der Waals surface area (Å²) in [5.41, 5.74) is 25.1. The van der Waals surface area contributed by atoms with E-state index in [-0.39, 0.29) is 16.2 Å². The van der Waals surface area contributed by atoms with Crippen molar-refractivity contribution in [3.8, 4) is 44.5 Å². The molecule has 0 aliphatic heterocycles. The molecule has 11 aromatic carbocycles. The van der Waals surface area contributed by atoms with Gasteiger partial charge in [0.05, 0.1) is 11.4 Å². The highest BCUT2D eigenvalue weighted by Crippen LogP contribution is 2.55. The molecule has 0 amide bonds. The van der Waals surface area contributed by atoms with E-state index in [2.05, 4.69) is 282 Å². The highest BCUT2D eigenvalue weighted by molar-refractivity contribution is 6.01. The predicted octanol–water partition coefficient (Wildman–Crippen LogP) is 19.5. The average molecular weight is 937 g/mol. The van der Waals surface area contributed by atoms with Gasteiger partial charge in [0.25, 0.3) is 0 Å². The summed E-state index contributed by atoms with van der Waals surface area (Å²) in [5, 5.41) is 4.91. The van der Waals surface area contributed by atoms with Crippen LogP contribution in [0.3, 0.4) is 0 Å². The van der Waals surface area contributed by atoms with Crippen LogP contribution >= 0.6 is 0 Å². The lowest BCUT2D eigenvalue weighted by molar-refractivity contribution is 0.660. The summed E-state index contributed by atoms with van der Waals surface area (Å²) < 4.78 is 0. The molecular weight excluding hydrogens is 881 g/mol. The number of anilines is 6. The summed E-state index contributed by atoms with van der Waals surface area (Å²) in [6, 6.07) is 86.5. The van der Waals surface area contributed by atoms with E-state index in [1.54, 1.807) is 0 Å². The fourth-order valence-electron chi connectivity index (χ4n) is 13.2. The molecule has 0 fully saturated rings. The molecule has 0 heterocycles. The minimum Gasteiger partial charge on any atom is -0.310 e. The van der Waals surface area contributed by atoms with Gasteiger partial charge < -0.3 is 9.80 Å². The maximum Gasteiger partial charge on any atom is 0.0540 e. The zero-order valence-electron chi connectivity index (χ0n) is 42.3. The lowest BCUT2D eigenvalue weighted by atomic mass is 9.81. The van der Waals surface area contributed by atoms with Crippen LogP contribution in [0.25, 0.3) is 66.1 Å². The summed E-state index contributed by atoms with van der Waals surface area (Å²) in [5.74, 6) is 0. The van der Waals surface area contributed by atoms with Crippen LogP contribution in [0.15, 0.2) is 231 Å². The minimum atomic E-state index is -0.241. The molecule has 0 radical (unpaired) electrons. The lowest BCUT2D eigenvalue weighted by Gasteiger charge is -2.30. The number of nitrogens with zero attached hydrogens (tertiary/aromatic N) is 2. The van der Waals surface area contributed by atoms with Gasteiger partial charge in [-0.05, 0) is 155 Å². The Balaban J connectivity index is 0.840. The van der Waals surface area contributed by atoms with Gasteiger partial charge >= 0.3 is 0 Å². The van der Waals surface area contributed by atoms with E-state index in [1.807, 2.05) is 0 Å². The van der Waals surface area contributed by atoms with Gasteiger partial charge in [0.2, 0.25) is 0 Å². The largest absolute Gasteiger partial charge is 0.310 e. The van der Waals surface area contributed by atoms with Gasteiger partial charge in [-0.15, -0.1) is 0 Å². The van der Waals surface area contributed by atoms with Gasteiger partial charge in [-0.3, -0.25) is 0 Å². The molecule has 3 aliphatic rings. The summed E-state index contributed by atoms with van der Waals surface area (Å²) in [6.45, 7) is 14.3. The summed E-state index contributed by atoms with van der Waals surface area (Å²) in [4.78, 5) is 4.95. The summed E-state index contributed by atoms with van der Waals surface area (Å²) >= 11 is 0. The Morgan fingerprint density at radius 2 is 0.575 bits per heavy atom. The van der Waals surface area contributed by atoms with Gasteiger partial charge in [-0.1, -0.05) is 205 Å². The van der Waals surface area contributed by atoms with Crippen molar-refractivity contribution in [2.45, 2.75) is 57.8 Å². The molecule has 0 aromatic heterocycles. The van der Waals surface area contributed by atoms with Crippen molar-refractivity contribution in [1.82, 2.24) is 0 Å². The van der Waals surface area contributed by atoms with Crippen molar-refractivity contribution in [3.05, 3.63) is 264 Å². The molecule has 2 heteroatoms. The van der Waals surface area contributed by atoms with Crippen molar-refractivity contribution in [3.63, 3.8) is 0 Å². The molecule has 14 rings (SSSR count). The SMILES string of the molecule is CC1(C)c2ccccc2-c2ccc(N(c3ccc(-c4ccc5c(c4)C(C)(C)c4cc(N(c6ccc7c(c6)C(C)(C)c6ccccc6-7)c6cccc7ccccc67)ccc4-5)cc3)c3cccc4ccccc34)cc21. The predicted molar refractivity (Wildman–Crippen MR) is 309 cm³/mol. The van der Waals surface area contributed by atoms with Gasteiger partial charge in [0.15, 0.2) is 0 Å². The van der Waals surface area contributed by atoms with Gasteiger partial charge in [-0.25, -0.2) is 0 Å². The number of benzene rings is 11. The minimum absolute atomic E-state index is 0.109. The van der Waals surface area contributed by atoms with E-state index in [0.29, 0.717) is 0 Å². The molecular formula is C71H56N2. The van der Waals surface area contributed by atoms with Crippen molar-refractivity contribution < 1.29 is 0 Å². The molecule has 11 aromatic rings. The van der Waals surface area contributed by atoms with Crippen LogP contribution in [0.1, 0.15) is 74.9 Å². The molecule has 0 saturated heterocycles. The molecule has 0 N–H and O–H groups in total. The van der Waals surface area contributed by atoms with E-state index < -0.39 is 0 Å². The third-order valence-corrected chi connectivity index (χ3v) is 17.0. The molecule has 350 valence electrons. The maximum absolute atomic E-state index is 2.50. The second-order valence-electron chi connectivity index (χ2n) is 22.1. The normalized spacial score (nSPS) is 14.8. The van der Waals surface area contributed by atoms with Gasteiger partial charge in [-0.2, -0.15) is 0 Å². The molecule has 0 atom stereocenters. The van der Waals surface area contributed by atoms with E-state index in [9.17, 15) is 0 Å². The van der Waals surface area contributed by atoms with Crippen LogP contribution in [-0.4, -0.2) is 0 Å². The van der Waals surface area contributed by atoms with Crippen LogP contribution in [0.5, 0.6) is 0 Å². The van der Waals surface area contributed by atoms with E-state index in [0.717, 1.165) is 17.1 Å². The number of rotatable bonds is 7. The maximum atomic E-state index is 2.50. The standard InChI is InChI=1S/C71H56N2/c1-69(2)61-25-13-11-23-55(61)58-38-34-50(42-64(58)69)72(67-27-15-19-46-17-7-9-21-53(46)67)49-32-29-45(30-33-49)48-31-37-57-60-40-36-52(44-66(60)71(5,6)63(57)41-48)73(68-28-16-20-47-18-8-10-22-54(47)68)51-35-39-59-56-24-12-14-26-62(56)70(3,4)65(59)43-51/h7-44H,1-6H3. The third-order valence-electron chi connectivity index (χ3n) is 17.0. The number of hydrogen-bond donors (Lipinski definition) is 0. The topological polar surface area (TPSA) is 6.48 Å². The second-order valence-corrected chi connectivity index (χ2v) is 22.1. The molecule has 0 saturated carbocycles. The highest BCUT2D eigenvalue weighted by atomic mass is 15.1. The third kappa shape index (κ3) is 6.42. The molecule has 2 nitrogen and oxygen atoms in total. The highest BCUT2D eigenvalue weighted by Gasteiger charge is 2.39. The fourth-order valence-corrected chi connectivity index (χ4v) is 13.2. The Labute approximate surface area is 429 Å². The number of fused-ring (bicyclic) bond motifs is 11. The van der Waals surface area contributed by atoms with Crippen LogP contribution < -0.4 is 9.80 Å². The fraction of sp³-hybridized carbons (Fsp3) is 0.127. The van der Waals surface area contributed by atoms with Crippen molar-refractivity contribution in [2.24, 2.45) is 0 Å². The van der Waals surface area contributed by atoms with Crippen molar-refractivity contribution in [2.75, 3.05) is 9.80 Å². The van der Waals surface area contributed by atoms with Crippen molar-refractivity contribution >= 4 is 55.7 Å². The number of hydrogen-bond acceptors (Lipinski definition) is 2. The average Bonchev–Trinajstić information content (AvgIpc) is 3.90. The molecule has 0 bridgehead atoms. The summed E-state index contributed by atoms with van der Waals surface area (Å²) in [7, 11) is 0. The monoisotopic (exact) mass is 936 g/mol. The molecule has 0 spiro atoms. The smallest absolute Gasteiger partial charge is 0.0540 e. The lowest BCUT2D eigenvalue weighted by Crippen LogP contribution is -2.18. The van der Waals surface area contributed by atoms with Crippen LogP contribution in [0, 0.1) is 0 Å². The van der Waals surface area contributed by atoms with Gasteiger partial charge in [0.1, 0.15) is 0 Å². The Bertz CT molecular complexity index is 4060. The van der Waals surface area contributed by atoms with E-state index in [1.165, 1.54) is 116 Å². The Morgan fingerprint density at radius 1 is 0.247 bits per heavy atom. The Morgan fingerprint density at radius 3 is 1.05 bits per heavy atom. The zero-order chi connectivity index (χ0) is 49.4. The first-order valence-corrected chi connectivity index (χ1v) is 25.9. The van der Waals surface area contributed by atoms with Crippen LogP contribution in [0.2, 0.25) is 0 Å². The van der Waals surface area contributed by atoms with Gasteiger partial charge in [0, 0.05) is 49.8 Å². The van der Waals surface area contributed by atoms with E-state index in [4.69, 9.17) is 0 Å².